The monoisotopic (exact) mass is 429 g/mol. The van der Waals surface area contributed by atoms with Gasteiger partial charge in [-0.05, 0) is 31.9 Å². The highest BCUT2D eigenvalue weighted by Crippen LogP contribution is 2.34. The van der Waals surface area contributed by atoms with Crippen LogP contribution in [0.15, 0.2) is 27.8 Å². The van der Waals surface area contributed by atoms with Crippen LogP contribution in [0.5, 0.6) is 5.75 Å². The van der Waals surface area contributed by atoms with Gasteiger partial charge >= 0.3 is 5.97 Å². The third kappa shape index (κ3) is 4.40. The molecule has 9 nitrogen and oxygen atoms in total. The average Bonchev–Trinajstić information content (AvgIpc) is 2.76. The van der Waals surface area contributed by atoms with E-state index in [9.17, 15) is 24.3 Å². The molecule has 2 aromatic rings. The number of esters is 1. The summed E-state index contributed by atoms with van der Waals surface area (Å²) in [6, 6.07) is 4.21. The Bertz CT molecular complexity index is 1050. The summed E-state index contributed by atoms with van der Waals surface area (Å²) in [6.45, 7) is 2.01. The highest BCUT2D eigenvalue weighted by atomic mass is 16.5. The zero-order chi connectivity index (χ0) is 22.7. The van der Waals surface area contributed by atoms with Crippen LogP contribution in [0.2, 0.25) is 0 Å². The van der Waals surface area contributed by atoms with Crippen molar-refractivity contribution in [2.45, 2.75) is 38.6 Å². The van der Waals surface area contributed by atoms with Crippen LogP contribution >= 0.6 is 0 Å². The molecule has 0 saturated heterocycles. The maximum absolute atomic E-state index is 12.3. The highest BCUT2D eigenvalue weighted by Gasteiger charge is 2.34. The van der Waals surface area contributed by atoms with Crippen molar-refractivity contribution in [1.82, 2.24) is 4.90 Å². The quantitative estimate of drug-likeness (QED) is 0.347. The van der Waals surface area contributed by atoms with E-state index in [1.165, 1.54) is 17.0 Å². The molecule has 3 N–H and O–H groups in total. The molecule has 1 fully saturated rings. The average molecular weight is 429 g/mol. The Balaban J connectivity index is 1.85. The Morgan fingerprint density at radius 2 is 1.81 bits per heavy atom. The number of carbonyl (C=O) groups excluding carboxylic acids is 2. The third-order valence-electron chi connectivity index (χ3n) is 5.53. The molecule has 0 spiro atoms. The first-order valence-electron chi connectivity index (χ1n) is 10.3. The van der Waals surface area contributed by atoms with Crippen molar-refractivity contribution in [3.05, 3.63) is 44.2 Å². The van der Waals surface area contributed by atoms with Gasteiger partial charge in [0, 0.05) is 20.1 Å². The van der Waals surface area contributed by atoms with Gasteiger partial charge in [0.15, 0.2) is 5.75 Å². The summed E-state index contributed by atoms with van der Waals surface area (Å²) in [5.74, 6) is -1.44. The van der Waals surface area contributed by atoms with E-state index in [4.69, 9.17) is 4.74 Å². The van der Waals surface area contributed by atoms with E-state index < -0.39 is 22.7 Å². The van der Waals surface area contributed by atoms with Crippen LogP contribution < -0.4 is 21.5 Å². The fraction of sp³-hybridized carbons (Fsp3) is 0.455. The van der Waals surface area contributed by atoms with Crippen molar-refractivity contribution in [3.8, 4) is 5.75 Å². The molecular formula is C22H27N3O6. The normalized spacial score (nSPS) is 18.4. The van der Waals surface area contributed by atoms with Gasteiger partial charge in [0.25, 0.3) is 16.8 Å². The topological polar surface area (TPSA) is 125 Å². The van der Waals surface area contributed by atoms with Gasteiger partial charge in [-0.15, -0.1) is 0 Å². The summed E-state index contributed by atoms with van der Waals surface area (Å²) in [5.41, 5.74) is -1.13. The number of ether oxygens (including phenoxy) is 1. The number of phenolic OH excluding ortho intramolecular Hbond substituents is 1. The van der Waals surface area contributed by atoms with Crippen molar-refractivity contribution < 1.29 is 19.4 Å². The second-order valence-electron chi connectivity index (χ2n) is 7.83. The highest BCUT2D eigenvalue weighted by molar-refractivity contribution is 5.99. The molecule has 2 atom stereocenters. The van der Waals surface area contributed by atoms with Gasteiger partial charge in [-0.2, -0.15) is 0 Å². The van der Waals surface area contributed by atoms with E-state index >= 15 is 0 Å². The molecule has 1 aliphatic carbocycles. The van der Waals surface area contributed by atoms with Gasteiger partial charge in [0.1, 0.15) is 11.4 Å². The van der Waals surface area contributed by atoms with Crippen LogP contribution in [0.1, 0.15) is 43.0 Å². The summed E-state index contributed by atoms with van der Waals surface area (Å²) in [5, 5.41) is 16.3. The maximum atomic E-state index is 12.3. The second kappa shape index (κ2) is 9.20. The van der Waals surface area contributed by atoms with Crippen molar-refractivity contribution in [1.29, 1.82) is 0 Å². The van der Waals surface area contributed by atoms with Crippen molar-refractivity contribution in [3.63, 3.8) is 0 Å². The van der Waals surface area contributed by atoms with Crippen molar-refractivity contribution >= 4 is 28.9 Å². The first-order chi connectivity index (χ1) is 14.8. The lowest BCUT2D eigenvalue weighted by molar-refractivity contribution is -0.149. The molecule has 0 aliphatic heterocycles. The molecule has 0 heterocycles. The number of aromatic hydroxyl groups is 1. The number of phenols is 1. The Kier molecular flexibility index (Phi) is 6.62. The standard InChI is InChI=1S/C22H27N3O6/c1-4-31-22(30)12-8-5-6-10-14(12)23-16-17(20(28)19(16)27)24-15-11-7-9-13(18(15)26)21(29)25(2)3/h7,9,11-12,14,23-24,26H,4-6,8,10H2,1-3H3/t12-,14+/m1/s1. The molecule has 9 heteroatoms. The zero-order valence-corrected chi connectivity index (χ0v) is 17.9. The van der Waals surface area contributed by atoms with Crippen LogP contribution in [-0.4, -0.2) is 48.6 Å². The molecule has 0 unspecified atom stereocenters. The lowest BCUT2D eigenvalue weighted by Gasteiger charge is -2.32. The maximum Gasteiger partial charge on any atom is 0.311 e. The number of hydrogen-bond donors (Lipinski definition) is 3. The minimum Gasteiger partial charge on any atom is -0.505 e. The first-order valence-corrected chi connectivity index (χ1v) is 10.3. The van der Waals surface area contributed by atoms with Gasteiger partial charge in [0.05, 0.1) is 23.8 Å². The lowest BCUT2D eigenvalue weighted by Crippen LogP contribution is -2.44. The largest absolute Gasteiger partial charge is 0.505 e. The SMILES string of the molecule is CCOC(=O)[C@@H]1CCCC[C@@H]1Nc1c(Nc2cccc(C(=O)N(C)C)c2O)c(=O)c1=O. The van der Waals surface area contributed by atoms with Crippen molar-refractivity contribution in [2.75, 3.05) is 31.3 Å². The van der Waals surface area contributed by atoms with E-state index in [-0.39, 0.29) is 47.0 Å². The minimum atomic E-state index is -0.727. The van der Waals surface area contributed by atoms with E-state index in [0.717, 1.165) is 12.8 Å². The molecule has 1 saturated carbocycles. The predicted molar refractivity (Wildman–Crippen MR) is 117 cm³/mol. The number of carbonyl (C=O) groups is 2. The summed E-state index contributed by atoms with van der Waals surface area (Å²) in [6.07, 6.45) is 3.09. The van der Waals surface area contributed by atoms with E-state index in [1.54, 1.807) is 27.1 Å². The van der Waals surface area contributed by atoms with Crippen LogP contribution in [0.25, 0.3) is 0 Å². The van der Waals surface area contributed by atoms with Crippen LogP contribution in [0.4, 0.5) is 17.1 Å². The zero-order valence-electron chi connectivity index (χ0n) is 17.9. The smallest absolute Gasteiger partial charge is 0.311 e. The van der Waals surface area contributed by atoms with Gasteiger partial charge in [-0.25, -0.2) is 0 Å². The van der Waals surface area contributed by atoms with Crippen LogP contribution in [0, 0.1) is 5.92 Å². The van der Waals surface area contributed by atoms with Crippen LogP contribution in [0.3, 0.4) is 0 Å². The summed E-state index contributed by atoms with van der Waals surface area (Å²) < 4.78 is 5.15. The number of amides is 1. The van der Waals surface area contributed by atoms with E-state index in [1.807, 2.05) is 0 Å². The fourth-order valence-electron chi connectivity index (χ4n) is 3.86. The lowest BCUT2D eigenvalue weighted by atomic mass is 9.84. The molecule has 3 rings (SSSR count). The number of benzene rings is 1. The fourth-order valence-corrected chi connectivity index (χ4v) is 3.86. The number of hydrogen-bond acceptors (Lipinski definition) is 8. The number of nitrogens with one attached hydrogen (secondary N) is 2. The summed E-state index contributed by atoms with van der Waals surface area (Å²) in [4.78, 5) is 50.3. The van der Waals surface area contributed by atoms with Gasteiger partial charge in [-0.3, -0.25) is 19.2 Å². The summed E-state index contributed by atoms with van der Waals surface area (Å²) in [7, 11) is 3.12. The first kappa shape index (κ1) is 22.3. The molecule has 1 amide bonds. The van der Waals surface area contributed by atoms with Crippen molar-refractivity contribution in [2.24, 2.45) is 5.92 Å². The Morgan fingerprint density at radius 1 is 1.13 bits per heavy atom. The number of rotatable bonds is 7. The number of anilines is 3. The van der Waals surface area contributed by atoms with Gasteiger partial charge < -0.3 is 25.4 Å². The number of para-hydroxylation sites is 1. The molecular weight excluding hydrogens is 402 g/mol. The van der Waals surface area contributed by atoms with Gasteiger partial charge in [0.2, 0.25) is 0 Å². The summed E-state index contributed by atoms with van der Waals surface area (Å²) >= 11 is 0. The molecule has 166 valence electrons. The molecule has 31 heavy (non-hydrogen) atoms. The number of nitrogens with zero attached hydrogens (tertiary/aromatic N) is 1. The van der Waals surface area contributed by atoms with Crippen LogP contribution in [-0.2, 0) is 9.53 Å². The molecule has 0 radical (unpaired) electrons. The third-order valence-corrected chi connectivity index (χ3v) is 5.53. The molecule has 0 aromatic heterocycles. The van der Waals surface area contributed by atoms with Gasteiger partial charge in [-0.1, -0.05) is 18.9 Å². The minimum absolute atomic E-state index is 0.00272. The predicted octanol–water partition coefficient (Wildman–Crippen LogP) is 1.97. The molecule has 2 aromatic carbocycles. The van der Waals surface area contributed by atoms with E-state index in [0.29, 0.717) is 12.8 Å². The van der Waals surface area contributed by atoms with E-state index in [2.05, 4.69) is 10.6 Å². The molecule has 1 aliphatic rings. The Hall–Kier alpha value is -3.36. The Labute approximate surface area is 179 Å². The second-order valence-corrected chi connectivity index (χ2v) is 7.83. The Morgan fingerprint density at radius 3 is 2.48 bits per heavy atom. The molecule has 0 bridgehead atoms.